The van der Waals surface area contributed by atoms with Crippen molar-refractivity contribution in [3.05, 3.63) is 4.88 Å². The summed E-state index contributed by atoms with van der Waals surface area (Å²) in [5, 5.41) is 4.65. The maximum Gasteiger partial charge on any atom is 0.177 e. The number of nitrogens with two attached hydrogens (primary N) is 1. The summed E-state index contributed by atoms with van der Waals surface area (Å²) in [5.41, 5.74) is 7.35. The van der Waals surface area contributed by atoms with Crippen LogP contribution < -0.4 is 11.1 Å². The van der Waals surface area contributed by atoms with Crippen molar-refractivity contribution < 1.29 is 4.79 Å². The van der Waals surface area contributed by atoms with E-state index >= 15 is 0 Å². The van der Waals surface area contributed by atoms with Crippen LogP contribution in [0.3, 0.4) is 0 Å². The van der Waals surface area contributed by atoms with Crippen LogP contribution in [0, 0.1) is 11.3 Å². The first-order chi connectivity index (χ1) is 9.94. The molecule has 3 nitrogen and oxygen atoms in total. The van der Waals surface area contributed by atoms with Crippen LogP contribution in [0.25, 0.3) is 0 Å². The van der Waals surface area contributed by atoms with E-state index < -0.39 is 0 Å². The van der Waals surface area contributed by atoms with Crippen LogP contribution in [0.2, 0.25) is 0 Å². The van der Waals surface area contributed by atoms with Gasteiger partial charge in [0.1, 0.15) is 5.00 Å². The lowest BCUT2D eigenvalue weighted by atomic mass is 10.0. The van der Waals surface area contributed by atoms with E-state index in [9.17, 15) is 4.79 Å². The van der Waals surface area contributed by atoms with Gasteiger partial charge in [0.05, 0.1) is 15.5 Å². The van der Waals surface area contributed by atoms with Gasteiger partial charge >= 0.3 is 0 Å². The monoisotopic (exact) mass is 326 g/mol. The number of carbonyl (C=O) groups excluding carboxylic acids is 1. The minimum atomic E-state index is -0.0108. The summed E-state index contributed by atoms with van der Waals surface area (Å²) in [6, 6.07) is 0. The Morgan fingerprint density at radius 2 is 2.14 bits per heavy atom. The molecule has 0 saturated heterocycles. The maximum absolute atomic E-state index is 12.3. The van der Waals surface area contributed by atoms with E-state index in [4.69, 9.17) is 5.73 Å². The molecule has 1 aliphatic carbocycles. The second kappa shape index (κ2) is 6.61. The van der Waals surface area contributed by atoms with Gasteiger partial charge in [-0.1, -0.05) is 27.2 Å². The predicted molar refractivity (Wildman–Crippen MR) is 94.7 cm³/mol. The smallest absolute Gasteiger partial charge is 0.177 e. The van der Waals surface area contributed by atoms with Crippen LogP contribution in [0.15, 0.2) is 4.90 Å². The number of anilines is 2. The van der Waals surface area contributed by atoms with Gasteiger partial charge in [-0.15, -0.1) is 23.1 Å². The van der Waals surface area contributed by atoms with E-state index in [0.29, 0.717) is 11.1 Å². The highest BCUT2D eigenvalue weighted by molar-refractivity contribution is 7.99. The molecule has 0 unspecified atom stereocenters. The third-order valence-corrected chi connectivity index (χ3v) is 6.35. The first-order valence-corrected chi connectivity index (χ1v) is 9.72. The fourth-order valence-corrected chi connectivity index (χ4v) is 4.80. The topological polar surface area (TPSA) is 55.1 Å². The number of thioether (sulfide) groups is 1. The Hall–Kier alpha value is -0.680. The summed E-state index contributed by atoms with van der Waals surface area (Å²) in [6.45, 7) is 7.10. The first kappa shape index (κ1) is 16.7. The maximum atomic E-state index is 12.3. The second-order valence-corrected chi connectivity index (χ2v) is 8.17. The Labute approximate surface area is 136 Å². The minimum Gasteiger partial charge on any atom is -0.396 e. The zero-order valence-electron chi connectivity index (χ0n) is 13.4. The van der Waals surface area contributed by atoms with Crippen molar-refractivity contribution >= 4 is 39.6 Å². The fourth-order valence-electron chi connectivity index (χ4n) is 2.68. The van der Waals surface area contributed by atoms with Gasteiger partial charge in [0.15, 0.2) is 5.78 Å². The molecule has 1 aromatic heterocycles. The van der Waals surface area contributed by atoms with Gasteiger partial charge in [-0.05, 0) is 30.9 Å². The standard InChI is InChI=1S/C16H26N2OS2/c1-5-6-16(7-8-16)9-18-15-14(20-4)11(17)13(21-15)12(19)10(2)3/h10,18H,5-9,17H2,1-4H3. The Kier molecular flexibility index (Phi) is 5.25. The normalized spacial score (nSPS) is 16.2. The van der Waals surface area contributed by atoms with Crippen LogP contribution in [-0.2, 0) is 0 Å². The Morgan fingerprint density at radius 1 is 1.48 bits per heavy atom. The SMILES string of the molecule is CCCC1(CNc2sc(C(=O)C(C)C)c(N)c2SC)CC1. The molecular formula is C16H26N2OS2. The van der Waals surface area contributed by atoms with Crippen molar-refractivity contribution in [3.63, 3.8) is 0 Å². The summed E-state index contributed by atoms with van der Waals surface area (Å²) in [5.74, 6) is 0.138. The van der Waals surface area contributed by atoms with Crippen molar-refractivity contribution in [3.8, 4) is 0 Å². The number of thiophene rings is 1. The van der Waals surface area contributed by atoms with Gasteiger partial charge in [-0.3, -0.25) is 4.79 Å². The summed E-state index contributed by atoms with van der Waals surface area (Å²) in [6.07, 6.45) is 7.18. The first-order valence-electron chi connectivity index (χ1n) is 7.68. The molecule has 0 aromatic carbocycles. The highest BCUT2D eigenvalue weighted by Crippen LogP contribution is 2.50. The quantitative estimate of drug-likeness (QED) is 0.528. The van der Waals surface area contributed by atoms with Crippen molar-refractivity contribution in [2.75, 3.05) is 23.9 Å². The highest BCUT2D eigenvalue weighted by atomic mass is 32.2. The highest BCUT2D eigenvalue weighted by Gasteiger charge is 2.41. The number of ketones is 1. The van der Waals surface area contributed by atoms with Crippen molar-refractivity contribution in [2.24, 2.45) is 11.3 Å². The largest absolute Gasteiger partial charge is 0.396 e. The minimum absolute atomic E-state index is 0.0108. The molecule has 0 radical (unpaired) electrons. The van der Waals surface area contributed by atoms with Gasteiger partial charge in [-0.2, -0.15) is 0 Å². The lowest BCUT2D eigenvalue weighted by Crippen LogP contribution is -2.14. The number of hydrogen-bond acceptors (Lipinski definition) is 5. The van der Waals surface area contributed by atoms with Crippen LogP contribution >= 0.6 is 23.1 Å². The second-order valence-electron chi connectivity index (χ2n) is 6.33. The number of rotatable bonds is 8. The van der Waals surface area contributed by atoms with E-state index in [-0.39, 0.29) is 11.7 Å². The van der Waals surface area contributed by atoms with E-state index in [1.54, 1.807) is 11.8 Å². The van der Waals surface area contributed by atoms with E-state index in [1.165, 1.54) is 37.0 Å². The van der Waals surface area contributed by atoms with Crippen LogP contribution in [0.5, 0.6) is 0 Å². The molecule has 0 bridgehead atoms. The molecule has 5 heteroatoms. The Morgan fingerprint density at radius 3 is 2.62 bits per heavy atom. The van der Waals surface area contributed by atoms with Crippen LogP contribution in [0.1, 0.15) is 56.1 Å². The van der Waals surface area contributed by atoms with Gasteiger partial charge in [0.25, 0.3) is 0 Å². The van der Waals surface area contributed by atoms with Gasteiger partial charge in [0, 0.05) is 12.5 Å². The van der Waals surface area contributed by atoms with Crippen molar-refractivity contribution in [1.82, 2.24) is 0 Å². The molecule has 118 valence electrons. The Bertz CT molecular complexity index is 519. The molecule has 0 atom stereocenters. The predicted octanol–water partition coefficient (Wildman–Crippen LogP) is 4.88. The summed E-state index contributed by atoms with van der Waals surface area (Å²) >= 11 is 3.15. The molecule has 1 saturated carbocycles. The van der Waals surface area contributed by atoms with Crippen molar-refractivity contribution in [1.29, 1.82) is 0 Å². The average Bonchev–Trinajstić information content (AvgIpc) is 3.13. The molecule has 0 aliphatic heterocycles. The zero-order valence-corrected chi connectivity index (χ0v) is 15.0. The zero-order chi connectivity index (χ0) is 15.6. The lowest BCUT2D eigenvalue weighted by molar-refractivity contribution is 0.0944. The number of nitrogens with one attached hydrogen (secondary N) is 1. The molecule has 3 N–H and O–H groups in total. The summed E-state index contributed by atoms with van der Waals surface area (Å²) in [7, 11) is 0. The number of hydrogen-bond donors (Lipinski definition) is 2. The average molecular weight is 327 g/mol. The summed E-state index contributed by atoms with van der Waals surface area (Å²) in [4.78, 5) is 14.0. The number of Topliss-reactive ketones (excluding diaryl/α,β-unsaturated/α-hetero) is 1. The molecule has 1 aliphatic rings. The molecule has 0 spiro atoms. The molecular weight excluding hydrogens is 300 g/mol. The van der Waals surface area contributed by atoms with Crippen LogP contribution in [-0.4, -0.2) is 18.6 Å². The Balaban J connectivity index is 2.16. The molecule has 1 heterocycles. The fraction of sp³-hybridized carbons (Fsp3) is 0.688. The van der Waals surface area contributed by atoms with E-state index in [1.807, 2.05) is 20.1 Å². The molecule has 1 aromatic rings. The molecule has 21 heavy (non-hydrogen) atoms. The van der Waals surface area contributed by atoms with Crippen LogP contribution in [0.4, 0.5) is 10.7 Å². The van der Waals surface area contributed by atoms with Gasteiger partial charge < -0.3 is 11.1 Å². The van der Waals surface area contributed by atoms with E-state index in [2.05, 4.69) is 12.2 Å². The lowest BCUT2D eigenvalue weighted by Gasteiger charge is -2.15. The summed E-state index contributed by atoms with van der Waals surface area (Å²) < 4.78 is 0. The molecule has 2 rings (SSSR count). The third-order valence-electron chi connectivity index (χ3n) is 4.21. The van der Waals surface area contributed by atoms with Gasteiger partial charge in [-0.25, -0.2) is 0 Å². The third kappa shape index (κ3) is 3.57. The van der Waals surface area contributed by atoms with Gasteiger partial charge in [0.2, 0.25) is 0 Å². The number of nitrogen functional groups attached to an aromatic ring is 1. The number of carbonyl (C=O) groups is 1. The molecule has 0 amide bonds. The molecule has 1 fully saturated rings. The van der Waals surface area contributed by atoms with Crippen molar-refractivity contribution in [2.45, 2.75) is 51.3 Å². The van der Waals surface area contributed by atoms with E-state index in [0.717, 1.165) is 21.3 Å².